The number of amides is 2. The lowest BCUT2D eigenvalue weighted by atomic mass is 9.81. The molecule has 0 radical (unpaired) electrons. The molecule has 1 aliphatic rings. The lowest BCUT2D eigenvalue weighted by molar-refractivity contribution is -0.142. The van der Waals surface area contributed by atoms with Crippen molar-refractivity contribution in [2.45, 2.75) is 111 Å². The van der Waals surface area contributed by atoms with Crippen molar-refractivity contribution in [1.82, 2.24) is 20.0 Å². The summed E-state index contributed by atoms with van der Waals surface area (Å²) in [7, 11) is 1.64. The molecule has 0 aliphatic carbocycles. The molecule has 1 aromatic rings. The number of methoxy groups -OCH3 is 1. The van der Waals surface area contributed by atoms with Gasteiger partial charge in [0.2, 0.25) is 11.8 Å². The second kappa shape index (κ2) is 18.9. The Morgan fingerprint density at radius 1 is 0.909 bits per heavy atom. The topological polar surface area (TPSA) is 65.1 Å². The molecule has 1 unspecified atom stereocenters. The zero-order valence-electron chi connectivity index (χ0n) is 29.2. The second-order valence-electron chi connectivity index (χ2n) is 14.1. The zero-order chi connectivity index (χ0) is 32.6. The Morgan fingerprint density at radius 3 is 2.09 bits per heavy atom. The van der Waals surface area contributed by atoms with Crippen LogP contribution in [0.4, 0.5) is 0 Å². The Balaban J connectivity index is 2.35. The normalized spacial score (nSPS) is 14.2. The summed E-state index contributed by atoms with van der Waals surface area (Å²) in [6.07, 6.45) is 15.7. The highest BCUT2D eigenvalue weighted by atomic mass is 16.5. The summed E-state index contributed by atoms with van der Waals surface area (Å²) in [5.41, 5.74) is 0.418. The molecule has 0 spiro atoms. The minimum Gasteiger partial charge on any atom is -0.497 e. The van der Waals surface area contributed by atoms with Crippen LogP contribution in [0.15, 0.2) is 48.7 Å². The summed E-state index contributed by atoms with van der Waals surface area (Å²) in [6.45, 7) is 20.4. The Labute approximate surface area is 269 Å². The molecule has 44 heavy (non-hydrogen) atoms. The molecule has 2 amide bonds. The molecule has 0 saturated carbocycles. The van der Waals surface area contributed by atoms with E-state index in [0.717, 1.165) is 63.3 Å². The third kappa shape index (κ3) is 13.9. The number of ether oxygens (including phenoxy) is 1. The molecule has 0 aromatic heterocycles. The third-order valence-electron chi connectivity index (χ3n) is 7.99. The average Bonchev–Trinajstić information content (AvgIpc) is 2.96. The van der Waals surface area contributed by atoms with Crippen LogP contribution in [0.25, 0.3) is 0 Å². The number of carbonyl (C=O) groups excluding carboxylic acids is 2. The van der Waals surface area contributed by atoms with E-state index in [4.69, 9.17) is 4.74 Å². The molecule has 0 fully saturated rings. The number of rotatable bonds is 20. The van der Waals surface area contributed by atoms with Gasteiger partial charge in [-0.2, -0.15) is 0 Å². The largest absolute Gasteiger partial charge is 0.497 e. The monoisotopic (exact) mass is 610 g/mol. The fourth-order valence-corrected chi connectivity index (χ4v) is 6.24. The zero-order valence-corrected chi connectivity index (χ0v) is 29.2. The van der Waals surface area contributed by atoms with Gasteiger partial charge in [-0.05, 0) is 101 Å². The quantitative estimate of drug-likeness (QED) is 0.167. The number of unbranched alkanes of at least 4 members (excludes halogenated alkanes) is 2. The van der Waals surface area contributed by atoms with Crippen LogP contribution in [0.2, 0.25) is 0 Å². The summed E-state index contributed by atoms with van der Waals surface area (Å²) in [5.74, 6) is 0.625. The fraction of sp³-hybridized carbons (Fsp3) is 0.676. The van der Waals surface area contributed by atoms with E-state index >= 15 is 0 Å². The van der Waals surface area contributed by atoms with Gasteiger partial charge in [0, 0.05) is 31.6 Å². The molecule has 1 aromatic carbocycles. The Kier molecular flexibility index (Phi) is 16.0. The molecule has 1 aliphatic heterocycles. The van der Waals surface area contributed by atoms with E-state index < -0.39 is 11.6 Å². The molecule has 7 nitrogen and oxygen atoms in total. The number of nitrogens with one attached hydrogen (secondary N) is 1. The predicted octanol–water partition coefficient (Wildman–Crippen LogP) is 7.35. The standard InChI is InChI=1S/C37H62N4O3/c1-9-11-23-39(24-12-10-2)28-17-29-41(33(42)18-16-27-40-25-14-13-15-26-40)34(31-19-21-32(44-8)22-20-31)35(43)38-37(6,7)30-36(3,4)5/h13-15,19-22,25,34H,9-12,16-18,23-24,26-30H2,1-8H3,(H,38,43). The van der Waals surface area contributed by atoms with Crippen molar-refractivity contribution in [2.75, 3.05) is 46.4 Å². The van der Waals surface area contributed by atoms with E-state index in [1.165, 1.54) is 25.7 Å². The van der Waals surface area contributed by atoms with Crippen LogP contribution in [-0.2, 0) is 9.59 Å². The van der Waals surface area contributed by atoms with Crippen molar-refractivity contribution in [3.05, 3.63) is 54.3 Å². The Bertz CT molecular complexity index is 1030. The van der Waals surface area contributed by atoms with Gasteiger partial charge in [-0.1, -0.05) is 71.7 Å². The van der Waals surface area contributed by atoms with Gasteiger partial charge in [0.1, 0.15) is 11.8 Å². The third-order valence-corrected chi connectivity index (χ3v) is 7.99. The van der Waals surface area contributed by atoms with Gasteiger partial charge in [0.25, 0.3) is 0 Å². The van der Waals surface area contributed by atoms with Crippen LogP contribution >= 0.6 is 0 Å². The van der Waals surface area contributed by atoms with E-state index in [9.17, 15) is 9.59 Å². The van der Waals surface area contributed by atoms with Crippen molar-refractivity contribution in [3.63, 3.8) is 0 Å². The fourth-order valence-electron chi connectivity index (χ4n) is 6.24. The van der Waals surface area contributed by atoms with Gasteiger partial charge in [-0.25, -0.2) is 0 Å². The highest BCUT2D eigenvalue weighted by Gasteiger charge is 2.35. The molecule has 0 saturated heterocycles. The first-order valence-electron chi connectivity index (χ1n) is 16.9. The van der Waals surface area contributed by atoms with Crippen molar-refractivity contribution in [1.29, 1.82) is 0 Å². The van der Waals surface area contributed by atoms with Crippen LogP contribution < -0.4 is 10.1 Å². The minimum absolute atomic E-state index is 0.0276. The first-order valence-corrected chi connectivity index (χ1v) is 16.9. The van der Waals surface area contributed by atoms with Crippen LogP contribution in [0.3, 0.4) is 0 Å². The highest BCUT2D eigenvalue weighted by Crippen LogP contribution is 2.30. The first kappa shape index (κ1) is 37.4. The lowest BCUT2D eigenvalue weighted by Crippen LogP contribution is -2.52. The van der Waals surface area contributed by atoms with Gasteiger partial charge in [-0.15, -0.1) is 0 Å². The number of carbonyl (C=O) groups is 2. The highest BCUT2D eigenvalue weighted by molar-refractivity contribution is 5.89. The van der Waals surface area contributed by atoms with Crippen LogP contribution in [0, 0.1) is 5.41 Å². The smallest absolute Gasteiger partial charge is 0.247 e. The maximum absolute atomic E-state index is 14.3. The number of hydrogen-bond donors (Lipinski definition) is 1. The Morgan fingerprint density at radius 2 is 1.55 bits per heavy atom. The van der Waals surface area contributed by atoms with Gasteiger partial charge < -0.3 is 24.8 Å². The summed E-state index contributed by atoms with van der Waals surface area (Å²) in [5, 5.41) is 3.34. The summed E-state index contributed by atoms with van der Waals surface area (Å²) >= 11 is 0. The van der Waals surface area contributed by atoms with E-state index in [1.807, 2.05) is 41.3 Å². The molecule has 248 valence electrons. The van der Waals surface area contributed by atoms with Crippen LogP contribution in [-0.4, -0.2) is 78.4 Å². The number of benzene rings is 1. The van der Waals surface area contributed by atoms with Gasteiger partial charge in [0.15, 0.2) is 0 Å². The molecule has 2 rings (SSSR count). The first-order chi connectivity index (χ1) is 20.9. The van der Waals surface area contributed by atoms with Crippen molar-refractivity contribution >= 4 is 11.8 Å². The predicted molar refractivity (Wildman–Crippen MR) is 184 cm³/mol. The van der Waals surface area contributed by atoms with E-state index in [-0.39, 0.29) is 17.2 Å². The van der Waals surface area contributed by atoms with Crippen LogP contribution in [0.5, 0.6) is 5.75 Å². The van der Waals surface area contributed by atoms with E-state index in [2.05, 4.69) is 75.9 Å². The van der Waals surface area contributed by atoms with Gasteiger partial charge in [0.05, 0.1) is 7.11 Å². The summed E-state index contributed by atoms with van der Waals surface area (Å²) in [4.78, 5) is 35.0. The molecule has 7 heteroatoms. The molecular formula is C37H62N4O3. The van der Waals surface area contributed by atoms with E-state index in [0.29, 0.717) is 13.0 Å². The number of hydrogen-bond acceptors (Lipinski definition) is 5. The summed E-state index contributed by atoms with van der Waals surface area (Å²) in [6, 6.07) is 6.91. The SMILES string of the molecule is CCCCN(CCCC)CCCN(C(=O)CCCN1C=CC=CC1)C(C(=O)NC(C)(C)CC(C)(C)C)c1ccc(OC)cc1. The Hall–Kier alpha value is -2.80. The molecular weight excluding hydrogens is 548 g/mol. The van der Waals surface area contributed by atoms with Crippen molar-refractivity contribution < 1.29 is 14.3 Å². The summed E-state index contributed by atoms with van der Waals surface area (Å²) < 4.78 is 5.42. The maximum atomic E-state index is 14.3. The van der Waals surface area contributed by atoms with E-state index in [1.54, 1.807) is 7.11 Å². The average molecular weight is 611 g/mol. The van der Waals surface area contributed by atoms with Crippen LogP contribution in [0.1, 0.15) is 111 Å². The maximum Gasteiger partial charge on any atom is 0.247 e. The van der Waals surface area contributed by atoms with Crippen molar-refractivity contribution in [3.8, 4) is 5.75 Å². The lowest BCUT2D eigenvalue weighted by Gasteiger charge is -2.38. The second-order valence-corrected chi connectivity index (χ2v) is 14.1. The number of allylic oxidation sites excluding steroid dienone is 2. The van der Waals surface area contributed by atoms with Gasteiger partial charge >= 0.3 is 0 Å². The van der Waals surface area contributed by atoms with Gasteiger partial charge in [-0.3, -0.25) is 9.59 Å². The molecule has 1 N–H and O–H groups in total. The molecule has 1 heterocycles. The molecule has 0 bridgehead atoms. The van der Waals surface area contributed by atoms with Crippen molar-refractivity contribution in [2.24, 2.45) is 5.41 Å². The number of nitrogens with zero attached hydrogens (tertiary/aromatic N) is 3. The molecule has 1 atom stereocenters. The minimum atomic E-state index is -0.717.